The van der Waals surface area contributed by atoms with Crippen molar-refractivity contribution in [2.24, 2.45) is 0 Å². The van der Waals surface area contributed by atoms with Crippen LogP contribution in [0.3, 0.4) is 0 Å². The van der Waals surface area contributed by atoms with Gasteiger partial charge in [-0.1, -0.05) is 6.92 Å². The zero-order valence-electron chi connectivity index (χ0n) is 6.27. The van der Waals surface area contributed by atoms with Gasteiger partial charge in [0.2, 0.25) is 0 Å². The van der Waals surface area contributed by atoms with Gasteiger partial charge in [0.05, 0.1) is 0 Å². The normalized spacial score (nSPS) is 12.8. The summed E-state index contributed by atoms with van der Waals surface area (Å²) in [5, 5.41) is 12.5. The number of aliphatic carboxylic acids is 1. The van der Waals surface area contributed by atoms with E-state index in [2.05, 4.69) is 5.10 Å². The Morgan fingerprint density at radius 1 is 1.82 bits per heavy atom. The molecule has 0 saturated heterocycles. The molecular formula is C7H10N2O2. The van der Waals surface area contributed by atoms with Gasteiger partial charge in [0.15, 0.2) is 0 Å². The Bertz CT molecular complexity index is 231. The first-order valence-corrected chi connectivity index (χ1v) is 3.47. The fourth-order valence-electron chi connectivity index (χ4n) is 0.940. The summed E-state index contributed by atoms with van der Waals surface area (Å²) in [5.41, 5.74) is 0. The molecule has 0 aromatic carbocycles. The van der Waals surface area contributed by atoms with Crippen molar-refractivity contribution in [3.05, 3.63) is 18.5 Å². The molecule has 1 aromatic heterocycles. The molecule has 1 unspecified atom stereocenters. The van der Waals surface area contributed by atoms with Crippen molar-refractivity contribution >= 4 is 5.97 Å². The predicted molar refractivity (Wildman–Crippen MR) is 39.2 cm³/mol. The lowest BCUT2D eigenvalue weighted by Crippen LogP contribution is -2.18. The first kappa shape index (κ1) is 7.78. The monoisotopic (exact) mass is 154 g/mol. The van der Waals surface area contributed by atoms with Gasteiger partial charge in [0, 0.05) is 12.4 Å². The van der Waals surface area contributed by atoms with Gasteiger partial charge in [-0.25, -0.2) is 4.79 Å². The van der Waals surface area contributed by atoms with Crippen LogP contribution < -0.4 is 0 Å². The van der Waals surface area contributed by atoms with Crippen molar-refractivity contribution < 1.29 is 9.90 Å². The molecule has 4 heteroatoms. The molecule has 0 aliphatic rings. The van der Waals surface area contributed by atoms with Crippen LogP contribution in [0.1, 0.15) is 19.4 Å². The van der Waals surface area contributed by atoms with E-state index in [4.69, 9.17) is 5.11 Å². The maximum absolute atomic E-state index is 10.6. The van der Waals surface area contributed by atoms with Gasteiger partial charge < -0.3 is 5.11 Å². The summed E-state index contributed by atoms with van der Waals surface area (Å²) in [7, 11) is 0. The summed E-state index contributed by atoms with van der Waals surface area (Å²) >= 11 is 0. The van der Waals surface area contributed by atoms with Gasteiger partial charge in [-0.2, -0.15) is 5.10 Å². The molecule has 11 heavy (non-hydrogen) atoms. The molecular weight excluding hydrogens is 144 g/mol. The molecule has 4 nitrogen and oxygen atoms in total. The first-order valence-electron chi connectivity index (χ1n) is 3.47. The molecule has 0 spiro atoms. The van der Waals surface area contributed by atoms with E-state index in [-0.39, 0.29) is 0 Å². The molecule has 0 fully saturated rings. The van der Waals surface area contributed by atoms with E-state index in [0.717, 1.165) is 0 Å². The molecule has 0 aliphatic heterocycles. The molecule has 0 aliphatic carbocycles. The molecule has 0 saturated carbocycles. The highest BCUT2D eigenvalue weighted by molar-refractivity contribution is 5.71. The quantitative estimate of drug-likeness (QED) is 0.704. The molecule has 1 N–H and O–H groups in total. The van der Waals surface area contributed by atoms with E-state index in [1.165, 1.54) is 4.68 Å². The average molecular weight is 154 g/mol. The molecule has 60 valence electrons. The van der Waals surface area contributed by atoms with Crippen molar-refractivity contribution in [1.29, 1.82) is 0 Å². The summed E-state index contributed by atoms with van der Waals surface area (Å²) in [5.74, 6) is -0.837. The van der Waals surface area contributed by atoms with Crippen LogP contribution in [0, 0.1) is 0 Å². The van der Waals surface area contributed by atoms with Crippen LogP contribution in [-0.2, 0) is 4.79 Å². The highest BCUT2D eigenvalue weighted by Gasteiger charge is 2.16. The molecule has 1 heterocycles. The molecule has 1 atom stereocenters. The van der Waals surface area contributed by atoms with Crippen molar-refractivity contribution in [2.45, 2.75) is 19.4 Å². The summed E-state index contributed by atoms with van der Waals surface area (Å²) in [6.07, 6.45) is 3.78. The van der Waals surface area contributed by atoms with E-state index in [1.807, 2.05) is 6.92 Å². The topological polar surface area (TPSA) is 55.1 Å². The Kier molecular flexibility index (Phi) is 2.25. The third-order valence-electron chi connectivity index (χ3n) is 1.52. The Morgan fingerprint density at radius 2 is 2.55 bits per heavy atom. The van der Waals surface area contributed by atoms with Gasteiger partial charge in [-0.3, -0.25) is 4.68 Å². The van der Waals surface area contributed by atoms with E-state index in [1.54, 1.807) is 18.5 Å². The summed E-state index contributed by atoms with van der Waals surface area (Å²) in [6, 6.07) is 1.19. The second kappa shape index (κ2) is 3.18. The number of aromatic nitrogens is 2. The van der Waals surface area contributed by atoms with Crippen LogP contribution in [0.4, 0.5) is 0 Å². The summed E-state index contributed by atoms with van der Waals surface area (Å²) in [6.45, 7) is 1.82. The minimum Gasteiger partial charge on any atom is -0.480 e. The van der Waals surface area contributed by atoms with Gasteiger partial charge in [0.25, 0.3) is 0 Å². The number of hydrogen-bond donors (Lipinski definition) is 1. The van der Waals surface area contributed by atoms with Crippen LogP contribution in [0.5, 0.6) is 0 Å². The van der Waals surface area contributed by atoms with Crippen LogP contribution in [0.15, 0.2) is 18.5 Å². The van der Waals surface area contributed by atoms with Gasteiger partial charge >= 0.3 is 5.97 Å². The number of nitrogens with zero attached hydrogens (tertiary/aromatic N) is 2. The highest BCUT2D eigenvalue weighted by Crippen LogP contribution is 2.08. The lowest BCUT2D eigenvalue weighted by molar-refractivity contribution is -0.141. The number of carbonyl (C=O) groups is 1. The summed E-state index contributed by atoms with van der Waals surface area (Å²) < 4.78 is 1.45. The highest BCUT2D eigenvalue weighted by atomic mass is 16.4. The minimum absolute atomic E-state index is 0.523. The molecule has 1 rings (SSSR count). The number of carboxylic acid groups (broad SMARTS) is 1. The smallest absolute Gasteiger partial charge is 0.328 e. The van der Waals surface area contributed by atoms with Crippen molar-refractivity contribution in [1.82, 2.24) is 9.78 Å². The minimum atomic E-state index is -0.837. The zero-order chi connectivity index (χ0) is 8.27. The molecule has 0 amide bonds. The van der Waals surface area contributed by atoms with E-state index in [0.29, 0.717) is 6.42 Å². The van der Waals surface area contributed by atoms with Crippen molar-refractivity contribution in [3.63, 3.8) is 0 Å². The van der Waals surface area contributed by atoms with Gasteiger partial charge in [-0.15, -0.1) is 0 Å². The third-order valence-corrected chi connectivity index (χ3v) is 1.52. The predicted octanol–water partition coefficient (Wildman–Crippen LogP) is 0.919. The number of carboxylic acids is 1. The number of hydrogen-bond acceptors (Lipinski definition) is 2. The third kappa shape index (κ3) is 1.58. The fourth-order valence-corrected chi connectivity index (χ4v) is 0.940. The number of rotatable bonds is 3. The second-order valence-corrected chi connectivity index (χ2v) is 2.25. The van der Waals surface area contributed by atoms with Crippen LogP contribution in [0.2, 0.25) is 0 Å². The van der Waals surface area contributed by atoms with Crippen LogP contribution in [0.25, 0.3) is 0 Å². The van der Waals surface area contributed by atoms with E-state index >= 15 is 0 Å². The fraction of sp³-hybridized carbons (Fsp3) is 0.429. The lowest BCUT2D eigenvalue weighted by atomic mass is 10.2. The van der Waals surface area contributed by atoms with Crippen molar-refractivity contribution in [3.8, 4) is 0 Å². The Balaban J connectivity index is 2.79. The SMILES string of the molecule is CCC(C(=O)O)n1cccn1. The van der Waals surface area contributed by atoms with Crippen molar-refractivity contribution in [2.75, 3.05) is 0 Å². The average Bonchev–Trinajstić information content (AvgIpc) is 2.40. The zero-order valence-corrected chi connectivity index (χ0v) is 6.27. The largest absolute Gasteiger partial charge is 0.480 e. The van der Waals surface area contributed by atoms with Gasteiger partial charge in [0.1, 0.15) is 6.04 Å². The summed E-state index contributed by atoms with van der Waals surface area (Å²) in [4.78, 5) is 10.6. The first-order chi connectivity index (χ1) is 5.25. The molecule has 1 aromatic rings. The van der Waals surface area contributed by atoms with Crippen LogP contribution in [-0.4, -0.2) is 20.9 Å². The molecule has 0 radical (unpaired) electrons. The maximum atomic E-state index is 10.6. The Morgan fingerprint density at radius 3 is 2.91 bits per heavy atom. The lowest BCUT2D eigenvalue weighted by Gasteiger charge is -2.08. The Hall–Kier alpha value is -1.32. The standard InChI is InChI=1S/C7H10N2O2/c1-2-6(7(10)11)9-5-3-4-8-9/h3-6H,2H2,1H3,(H,10,11). The van der Waals surface area contributed by atoms with Crippen LogP contribution >= 0.6 is 0 Å². The van der Waals surface area contributed by atoms with E-state index in [9.17, 15) is 4.79 Å². The molecule has 0 bridgehead atoms. The van der Waals surface area contributed by atoms with E-state index < -0.39 is 12.0 Å². The van der Waals surface area contributed by atoms with Gasteiger partial charge in [-0.05, 0) is 12.5 Å². The second-order valence-electron chi connectivity index (χ2n) is 2.25. The Labute approximate surface area is 64.5 Å². The maximum Gasteiger partial charge on any atom is 0.328 e.